The number of amides is 2. The van der Waals surface area contributed by atoms with Crippen LogP contribution in [0.1, 0.15) is 0 Å². The molecule has 0 radical (unpaired) electrons. The third-order valence-corrected chi connectivity index (χ3v) is 2.98. The second-order valence-corrected chi connectivity index (χ2v) is 5.28. The summed E-state index contributed by atoms with van der Waals surface area (Å²) in [4.78, 5) is 15.6. The molecular weight excluding hydrogens is 353 g/mol. The molecule has 2 aromatic rings. The van der Waals surface area contributed by atoms with Crippen molar-refractivity contribution in [2.45, 2.75) is 0 Å². The van der Waals surface area contributed by atoms with Crippen LogP contribution in [0.4, 0.5) is 16.2 Å². The maximum Gasteiger partial charge on any atom is 0.323 e. The molecule has 0 unspecified atom stereocenters. The summed E-state index contributed by atoms with van der Waals surface area (Å²) >= 11 is 14.8. The summed E-state index contributed by atoms with van der Waals surface area (Å²) in [6.45, 7) is 0. The van der Waals surface area contributed by atoms with E-state index in [4.69, 9.17) is 23.2 Å². The summed E-state index contributed by atoms with van der Waals surface area (Å²) in [5, 5.41) is 5.73. The zero-order valence-electron chi connectivity index (χ0n) is 9.45. The second kappa shape index (κ2) is 6.23. The molecule has 0 aliphatic rings. The highest BCUT2D eigenvalue weighted by Crippen LogP contribution is 2.19. The van der Waals surface area contributed by atoms with Crippen LogP contribution in [-0.2, 0) is 0 Å². The van der Waals surface area contributed by atoms with Crippen molar-refractivity contribution in [2.24, 2.45) is 0 Å². The number of anilines is 2. The van der Waals surface area contributed by atoms with Crippen molar-refractivity contribution in [3.63, 3.8) is 0 Å². The Bertz CT molecular complexity index is 601. The Labute approximate surface area is 128 Å². The smallest absolute Gasteiger partial charge is 0.308 e. The van der Waals surface area contributed by atoms with Crippen LogP contribution in [0.15, 0.2) is 40.9 Å². The molecule has 2 amide bonds. The zero-order chi connectivity index (χ0) is 13.8. The van der Waals surface area contributed by atoms with Crippen molar-refractivity contribution in [1.82, 2.24) is 4.98 Å². The Morgan fingerprint density at radius 1 is 1.05 bits per heavy atom. The van der Waals surface area contributed by atoms with Gasteiger partial charge in [0.05, 0.1) is 0 Å². The Morgan fingerprint density at radius 2 is 1.68 bits per heavy atom. The molecule has 0 aliphatic carbocycles. The molecule has 0 fully saturated rings. The molecule has 0 aliphatic heterocycles. The van der Waals surface area contributed by atoms with Crippen LogP contribution in [-0.4, -0.2) is 11.0 Å². The molecule has 1 aromatic carbocycles. The van der Waals surface area contributed by atoms with Gasteiger partial charge in [0.15, 0.2) is 0 Å². The van der Waals surface area contributed by atoms with Gasteiger partial charge in [0.25, 0.3) is 0 Å². The molecule has 19 heavy (non-hydrogen) atoms. The first-order chi connectivity index (χ1) is 9.02. The largest absolute Gasteiger partial charge is 0.323 e. The lowest BCUT2D eigenvalue weighted by atomic mass is 10.3. The molecule has 98 valence electrons. The van der Waals surface area contributed by atoms with Crippen LogP contribution in [0.5, 0.6) is 0 Å². The molecular formula is C12H8BrCl2N3O. The van der Waals surface area contributed by atoms with Gasteiger partial charge in [-0.15, -0.1) is 0 Å². The highest BCUT2D eigenvalue weighted by molar-refractivity contribution is 9.10. The minimum atomic E-state index is -0.392. The van der Waals surface area contributed by atoms with Gasteiger partial charge in [-0.2, -0.15) is 0 Å². The Morgan fingerprint density at radius 3 is 2.32 bits per heavy atom. The molecule has 7 heteroatoms. The summed E-state index contributed by atoms with van der Waals surface area (Å²) in [5.41, 5.74) is 1.13. The molecule has 1 heterocycles. The summed E-state index contributed by atoms with van der Waals surface area (Å²) in [6.07, 6.45) is 0. The molecule has 0 saturated heterocycles. The van der Waals surface area contributed by atoms with Crippen LogP contribution in [0.3, 0.4) is 0 Å². The summed E-state index contributed by atoms with van der Waals surface area (Å²) in [7, 11) is 0. The van der Waals surface area contributed by atoms with Gasteiger partial charge < -0.3 is 10.6 Å². The number of urea groups is 1. The average Bonchev–Trinajstić information content (AvgIpc) is 2.26. The minimum Gasteiger partial charge on any atom is -0.308 e. The predicted octanol–water partition coefficient (Wildman–Crippen LogP) is 4.79. The SMILES string of the molecule is O=C(Nc1cccc(Br)c1)Nc1cc(Cl)nc(Cl)c1. The Hall–Kier alpha value is -1.30. The molecule has 0 bridgehead atoms. The standard InChI is InChI=1S/C12H8BrCl2N3O/c13-7-2-1-3-8(4-7)16-12(19)17-9-5-10(14)18-11(15)6-9/h1-6H,(H2,16,17,18,19). The van der Waals surface area contributed by atoms with Gasteiger partial charge in [-0.25, -0.2) is 9.78 Å². The highest BCUT2D eigenvalue weighted by Gasteiger charge is 2.05. The van der Waals surface area contributed by atoms with E-state index in [0.29, 0.717) is 11.4 Å². The number of halogens is 3. The van der Waals surface area contributed by atoms with Crippen molar-refractivity contribution in [1.29, 1.82) is 0 Å². The van der Waals surface area contributed by atoms with Crippen molar-refractivity contribution >= 4 is 56.5 Å². The quantitative estimate of drug-likeness (QED) is 0.756. The van der Waals surface area contributed by atoms with Crippen molar-refractivity contribution in [2.75, 3.05) is 10.6 Å². The Kier molecular flexibility index (Phi) is 4.63. The molecule has 0 spiro atoms. The van der Waals surface area contributed by atoms with Crippen LogP contribution in [0.25, 0.3) is 0 Å². The first kappa shape index (κ1) is 14.1. The molecule has 0 atom stereocenters. The monoisotopic (exact) mass is 359 g/mol. The molecule has 2 N–H and O–H groups in total. The van der Waals surface area contributed by atoms with Crippen molar-refractivity contribution in [3.05, 3.63) is 51.2 Å². The predicted molar refractivity (Wildman–Crippen MR) is 81.0 cm³/mol. The van der Waals surface area contributed by atoms with Crippen LogP contribution < -0.4 is 10.6 Å². The number of hydrogen-bond acceptors (Lipinski definition) is 2. The number of nitrogens with one attached hydrogen (secondary N) is 2. The third-order valence-electron chi connectivity index (χ3n) is 2.10. The number of carbonyl (C=O) groups is 1. The van der Waals surface area contributed by atoms with E-state index in [0.717, 1.165) is 4.47 Å². The van der Waals surface area contributed by atoms with Gasteiger partial charge >= 0.3 is 6.03 Å². The highest BCUT2D eigenvalue weighted by atomic mass is 79.9. The summed E-state index contributed by atoms with van der Waals surface area (Å²) in [5.74, 6) is 0. The van der Waals surface area contributed by atoms with E-state index < -0.39 is 6.03 Å². The van der Waals surface area contributed by atoms with Gasteiger partial charge in [-0.05, 0) is 30.3 Å². The van der Waals surface area contributed by atoms with Gasteiger partial charge in [0, 0.05) is 15.8 Å². The lowest BCUT2D eigenvalue weighted by molar-refractivity contribution is 0.262. The number of carbonyl (C=O) groups excluding carboxylic acids is 1. The van der Waals surface area contributed by atoms with Crippen molar-refractivity contribution < 1.29 is 4.79 Å². The maximum atomic E-state index is 11.8. The lowest BCUT2D eigenvalue weighted by Gasteiger charge is -2.08. The van der Waals surface area contributed by atoms with Crippen LogP contribution >= 0.6 is 39.1 Å². The topological polar surface area (TPSA) is 54.0 Å². The summed E-state index contributed by atoms with van der Waals surface area (Å²) < 4.78 is 0.875. The fourth-order valence-electron chi connectivity index (χ4n) is 1.40. The molecule has 2 rings (SSSR count). The van der Waals surface area contributed by atoms with E-state index in [1.807, 2.05) is 12.1 Å². The normalized spacial score (nSPS) is 10.1. The summed E-state index contributed by atoms with van der Waals surface area (Å²) in [6, 6.07) is 9.87. The minimum absolute atomic E-state index is 0.213. The van der Waals surface area contributed by atoms with Gasteiger partial charge in [0.2, 0.25) is 0 Å². The van der Waals surface area contributed by atoms with E-state index >= 15 is 0 Å². The van der Waals surface area contributed by atoms with Crippen LogP contribution in [0.2, 0.25) is 10.3 Å². The van der Waals surface area contributed by atoms with E-state index in [9.17, 15) is 4.79 Å². The fourth-order valence-corrected chi connectivity index (χ4v) is 2.26. The Balaban J connectivity index is 2.05. The average molecular weight is 361 g/mol. The van der Waals surface area contributed by atoms with Crippen molar-refractivity contribution in [3.8, 4) is 0 Å². The fraction of sp³-hybridized carbons (Fsp3) is 0. The molecule has 1 aromatic heterocycles. The zero-order valence-corrected chi connectivity index (χ0v) is 12.6. The van der Waals surface area contributed by atoms with Crippen LogP contribution in [0, 0.1) is 0 Å². The van der Waals surface area contributed by atoms with E-state index in [2.05, 4.69) is 31.5 Å². The van der Waals surface area contributed by atoms with Gasteiger partial charge in [-0.1, -0.05) is 45.2 Å². The number of benzene rings is 1. The first-order valence-corrected chi connectivity index (χ1v) is 6.74. The number of pyridine rings is 1. The van der Waals surface area contributed by atoms with E-state index in [-0.39, 0.29) is 10.3 Å². The third kappa shape index (κ3) is 4.38. The van der Waals surface area contributed by atoms with Gasteiger partial charge in [0.1, 0.15) is 10.3 Å². The van der Waals surface area contributed by atoms with Gasteiger partial charge in [-0.3, -0.25) is 0 Å². The molecule has 4 nitrogen and oxygen atoms in total. The lowest BCUT2D eigenvalue weighted by Crippen LogP contribution is -2.19. The van der Waals surface area contributed by atoms with E-state index in [1.54, 1.807) is 12.1 Å². The van der Waals surface area contributed by atoms with E-state index in [1.165, 1.54) is 12.1 Å². The second-order valence-electron chi connectivity index (χ2n) is 3.59. The number of hydrogen-bond donors (Lipinski definition) is 2. The maximum absolute atomic E-state index is 11.8. The molecule has 0 saturated carbocycles. The first-order valence-electron chi connectivity index (χ1n) is 5.19. The number of aromatic nitrogens is 1. The number of nitrogens with zero attached hydrogens (tertiary/aromatic N) is 1. The number of rotatable bonds is 2.